The van der Waals surface area contributed by atoms with Crippen LogP contribution in [-0.2, 0) is 182 Å². The maximum absolute atomic E-state index is 12.2. The van der Waals surface area contributed by atoms with E-state index in [-0.39, 0.29) is 197 Å². The topological polar surface area (TPSA) is 194 Å². The van der Waals surface area contributed by atoms with Crippen molar-refractivity contribution in [2.45, 2.75) is 249 Å². The van der Waals surface area contributed by atoms with E-state index in [2.05, 4.69) is 139 Å². The molecule has 22 heteroatoms. The third-order valence-corrected chi connectivity index (χ3v) is 18.3. The van der Waals surface area contributed by atoms with Crippen molar-refractivity contribution < 1.29 is 146 Å². The maximum atomic E-state index is 12.2. The fourth-order valence-corrected chi connectivity index (χ4v) is 10.7. The Hall–Kier alpha value is -2.51. The maximum Gasteiger partial charge on any atom is 0.494 e. The molecule has 5 aromatic rings. The Morgan fingerprint density at radius 3 is 1.32 bits per heavy atom. The summed E-state index contributed by atoms with van der Waals surface area (Å²) in [6, 6.07) is 35.5. The predicted octanol–water partition coefficient (Wildman–Crippen LogP) is 15.3. The summed E-state index contributed by atoms with van der Waals surface area (Å²) in [4.78, 5) is 60.0. The van der Waals surface area contributed by atoms with Gasteiger partial charge in [0.05, 0.1) is 38.6 Å². The summed E-state index contributed by atoms with van der Waals surface area (Å²) in [5.74, 6) is 0.495. The van der Waals surface area contributed by atoms with Gasteiger partial charge >= 0.3 is 14.2 Å². The van der Waals surface area contributed by atoms with Gasteiger partial charge in [0.1, 0.15) is 0 Å². The van der Waals surface area contributed by atoms with E-state index in [1.165, 1.54) is 17.5 Å². The number of amides is 5. The first-order valence-corrected chi connectivity index (χ1v) is 33.2. The Labute approximate surface area is 677 Å². The molecule has 522 valence electrons. The van der Waals surface area contributed by atoms with Crippen LogP contribution in [0.5, 0.6) is 0 Å². The fourth-order valence-electron chi connectivity index (χ4n) is 10.7. The summed E-state index contributed by atoms with van der Waals surface area (Å²) < 4.78 is 23.5. The van der Waals surface area contributed by atoms with Crippen LogP contribution < -0.4 is 31.6 Å². The molecule has 0 saturated carbocycles. The molecule has 12 rings (SSSR count). The van der Waals surface area contributed by atoms with Gasteiger partial charge in [-0.05, 0) is 188 Å². The number of carbonyl (C=O) groups excluding carboxylic acids is 5. The van der Waals surface area contributed by atoms with Crippen LogP contribution >= 0.6 is 24.0 Å². The van der Waals surface area contributed by atoms with Crippen molar-refractivity contribution in [1.82, 2.24) is 0 Å². The molecular weight excluding hydrogens is 1560 g/mol. The monoisotopic (exact) mass is 1670 g/mol. The molecule has 0 aromatic heterocycles. The van der Waals surface area contributed by atoms with Gasteiger partial charge in [0, 0.05) is 134 Å². The number of aryl methyl sites for hydroxylation is 2. The average Bonchev–Trinajstić information content (AvgIpc) is 1.62. The molecule has 5 aromatic carbocycles. The number of hydrogen-bond acceptors (Lipinski definition) is 10. The zero-order chi connectivity index (χ0) is 70.5. The Kier molecular flexibility index (Phi) is 38.9. The van der Waals surface area contributed by atoms with E-state index in [0.717, 1.165) is 101 Å². The molecule has 2 saturated heterocycles. The number of nitrogens with zero attached hydrogens (tertiary/aromatic N) is 1. The molecule has 5 N–H and O–H groups in total. The Morgan fingerprint density at radius 1 is 0.515 bits per heavy atom. The van der Waals surface area contributed by atoms with Crippen LogP contribution in [0.3, 0.4) is 0 Å². The van der Waals surface area contributed by atoms with Gasteiger partial charge in [-0.2, -0.15) is 55.5 Å². The Morgan fingerprint density at radius 2 is 0.907 bits per heavy atom. The van der Waals surface area contributed by atoms with Crippen LogP contribution in [0.25, 0.3) is 0 Å². The van der Waals surface area contributed by atoms with Crippen molar-refractivity contribution in [3.8, 4) is 0 Å². The van der Waals surface area contributed by atoms with Crippen molar-refractivity contribution in [1.29, 1.82) is 0 Å². The van der Waals surface area contributed by atoms with Crippen molar-refractivity contribution in [3.63, 3.8) is 0 Å². The molecule has 97 heavy (non-hydrogen) atoms. The second-order valence-corrected chi connectivity index (χ2v) is 27.9. The number of anilines is 5. The molecule has 4 radical (unpaired) electrons. The molecule has 2 fully saturated rings. The Balaban J connectivity index is 0.00000112. The summed E-state index contributed by atoms with van der Waals surface area (Å²) >= 11 is 0. The summed E-state index contributed by atoms with van der Waals surface area (Å²) in [7, 11) is 0.709. The smallest absolute Gasteiger partial charge is 0.454 e. The fraction of sp³-hybridized carbons (Fsp3) is 0.520. The number of benzene rings is 5. The molecule has 0 unspecified atom stereocenters. The number of nitrogens with one attached hydrogen (secondary N) is 4. The number of rotatable bonds is 6. The first kappa shape index (κ1) is 94.5. The molecule has 0 spiro atoms. The number of halogens is 1. The normalized spacial score (nSPS) is 18.3. The molecular formula is C75H109B3IN5O10Y3-3. The molecule has 0 atom stereocenters. The van der Waals surface area contributed by atoms with E-state index in [4.69, 9.17) is 23.6 Å². The van der Waals surface area contributed by atoms with E-state index in [1.54, 1.807) is 13.0 Å². The first-order chi connectivity index (χ1) is 43.3. The van der Waals surface area contributed by atoms with E-state index in [1.807, 2.05) is 150 Å². The van der Waals surface area contributed by atoms with E-state index in [9.17, 15) is 24.0 Å². The van der Waals surface area contributed by atoms with Gasteiger partial charge in [0.2, 0.25) is 29.5 Å². The molecule has 5 amide bonds. The van der Waals surface area contributed by atoms with Gasteiger partial charge in [-0.25, -0.2) is 0 Å². The quantitative estimate of drug-likeness (QED) is 0.0620. The second-order valence-electron chi connectivity index (χ2n) is 27.9. The minimum atomic E-state index is -0.482. The zero-order valence-electron chi connectivity index (χ0n) is 62.8. The van der Waals surface area contributed by atoms with Gasteiger partial charge < -0.3 is 56.7 Å². The van der Waals surface area contributed by atoms with Gasteiger partial charge in [0.25, 0.3) is 7.48 Å². The van der Waals surface area contributed by atoms with Crippen LogP contribution in [-0.4, -0.2) is 85.2 Å². The van der Waals surface area contributed by atoms with Crippen LogP contribution in [0.1, 0.15) is 212 Å². The van der Waals surface area contributed by atoms with Crippen LogP contribution in [0.2, 0.25) is 12.6 Å². The molecule has 0 aliphatic carbocycles. The largest absolute Gasteiger partial charge is 0.494 e. The molecule has 0 bridgehead atoms. The van der Waals surface area contributed by atoms with Crippen molar-refractivity contribution in [2.75, 3.05) is 32.7 Å². The Bertz CT molecular complexity index is 3360. The SMILES string of the molecule is CC1(C)C(=O)Nc2c[c-]ccc21.CC1(C)C(=O)Nc2cc(B3OC(C)(C)C(C)(C)O3)ccc21.CCB1OC(C)(C)C(C)(C)O1.CCC.CC[B]O.CCc1ccc2c(c1)N(CC)C(=O)C2(C)C.CCc1ccc2c(c1)NC(=O)C2(C)C.I.O=C1Cc2cc[c-]cc2N1.[CH2-]C.[Y].[Y].[Y]. The van der Waals surface area contributed by atoms with E-state index in [0.29, 0.717) is 6.42 Å². The van der Waals surface area contributed by atoms with E-state index >= 15 is 0 Å². The van der Waals surface area contributed by atoms with E-state index < -0.39 is 12.5 Å². The minimum absolute atomic E-state index is 0. The number of hydrogen-bond donors (Lipinski definition) is 5. The van der Waals surface area contributed by atoms with Gasteiger partial charge in [-0.15, -0.1) is 35.1 Å². The van der Waals surface area contributed by atoms with Gasteiger partial charge in [0.15, 0.2) is 0 Å². The van der Waals surface area contributed by atoms with Gasteiger partial charge in [-0.3, -0.25) is 24.0 Å². The number of fused-ring (bicyclic) bond motifs is 5. The van der Waals surface area contributed by atoms with Gasteiger partial charge in [-0.1, -0.05) is 102 Å². The predicted molar refractivity (Wildman–Crippen MR) is 400 cm³/mol. The van der Waals surface area contributed by atoms with Crippen LogP contribution in [0.4, 0.5) is 28.4 Å². The van der Waals surface area contributed by atoms with Crippen molar-refractivity contribution >= 4 is 109 Å². The number of carbonyl (C=O) groups is 5. The summed E-state index contributed by atoms with van der Waals surface area (Å²) in [5, 5.41) is 19.2. The summed E-state index contributed by atoms with van der Waals surface area (Å²) in [6.45, 7) is 52.3. The number of likely N-dealkylation sites (N-methyl/N-ethyl adjacent to an activating group) is 1. The van der Waals surface area contributed by atoms with Crippen LogP contribution in [0.15, 0.2) is 91.0 Å². The van der Waals surface area contributed by atoms with Crippen molar-refractivity contribution in [2.24, 2.45) is 0 Å². The molecule has 7 heterocycles. The van der Waals surface area contributed by atoms with Crippen molar-refractivity contribution in [3.05, 3.63) is 149 Å². The third-order valence-electron chi connectivity index (χ3n) is 18.3. The first-order valence-electron chi connectivity index (χ1n) is 33.2. The second kappa shape index (κ2) is 39.9. The standard InChI is InChI=1S/C16H22BNO3.C14H19NO.C12H15NO.C10H10NO.C8H17BO2.C8H6NO.C3H8.C2H6BO.C2H5.HI.3Y/c1-14(2)11-8-7-10(9-12(11)18-13(14)19)17-20-15(3,4)16(5,6)21-17;1-5-10-7-8-11-12(9-10)15(6-2)13(16)14(11,3)4;1-4-8-5-6-9-10(7-8)13-11(14)12(9,2)3;1-10(2)7-5-3-4-6-8(7)11-9(10)12;1-6-9-10-7(2,3)8(4,5)11-9;10-8-5-6-3-1-2-4-7(6)9-8;1-3-2;1-2-3-4;1-2;;;;/h7-9H,1-6H3,(H,18,19);7-9H,5-6H2,1-4H3;5-7H,4H2,1-3H3,(H,13,14);3,5-6H,1-2H3,(H,11,12);6H2,1-5H3;1,3-4H,5H2,(H,9,10);3H2,1-2H3;4H,2H2,1H3;1H2,2H3;1H;;;/q;;;-1;;-1;;;-1;;;;. The minimum Gasteiger partial charge on any atom is -0.454 e. The van der Waals surface area contributed by atoms with Crippen LogP contribution in [0, 0.1) is 19.1 Å². The summed E-state index contributed by atoms with van der Waals surface area (Å²) in [6.07, 6.45) is 5.46. The zero-order valence-corrected chi connectivity index (χ0v) is 73.6. The molecule has 7 aliphatic rings. The molecule has 15 nitrogen and oxygen atoms in total. The third kappa shape index (κ3) is 22.7. The molecule has 7 aliphatic heterocycles. The summed E-state index contributed by atoms with van der Waals surface area (Å²) in [5.41, 5.74) is 11.0. The average molecular weight is 1670 g/mol.